The summed E-state index contributed by atoms with van der Waals surface area (Å²) in [4.78, 5) is 17.8. The summed E-state index contributed by atoms with van der Waals surface area (Å²) in [6, 6.07) is 29.4. The Labute approximate surface area is 283 Å². The molecule has 1 N–H and O–H groups in total. The van der Waals surface area contributed by atoms with Crippen molar-refractivity contribution in [1.29, 1.82) is 0 Å². The fourth-order valence-electron chi connectivity index (χ4n) is 5.11. The van der Waals surface area contributed by atoms with Crippen LogP contribution in [0.15, 0.2) is 102 Å². The van der Waals surface area contributed by atoms with Gasteiger partial charge in [-0.2, -0.15) is 8.42 Å². The van der Waals surface area contributed by atoms with Crippen molar-refractivity contribution in [1.82, 2.24) is 14.3 Å². The third-order valence-corrected chi connectivity index (χ3v) is 10.3. The first kappa shape index (κ1) is 31.9. The predicted octanol–water partition coefficient (Wildman–Crippen LogP) is 8.42. The second kappa shape index (κ2) is 13.4. The molecule has 6 rings (SSSR count). The van der Waals surface area contributed by atoms with Crippen molar-refractivity contribution >= 4 is 68.9 Å². The number of carbonyl (C=O) groups excluding carboxylic acids is 1. The number of hydrogen-bond acceptors (Lipinski definition) is 5. The Bertz CT molecular complexity index is 2020. The third-order valence-electron chi connectivity index (χ3n) is 7.31. The summed E-state index contributed by atoms with van der Waals surface area (Å²) >= 11 is 14.5. The standard InChI is InChI=1S/C35H30Cl2N4O3S2/c1-23(2)45-30-15-10-27(11-16-30)26-8-3-24(4-9-26)7-18-34-38-33(31-17-12-28(36)19-32(31)37)21-40(34)20-25-5-13-29(14-6-25)41-22-35(42)39-46(41,43)44/h3-19,21,23H,20,22H2,1-2H3,(H,39,42). The van der Waals surface area contributed by atoms with E-state index in [9.17, 15) is 13.2 Å². The van der Waals surface area contributed by atoms with Crippen LogP contribution in [0.3, 0.4) is 0 Å². The minimum atomic E-state index is -3.87. The molecule has 4 aromatic carbocycles. The molecular formula is C35H30Cl2N4O3S2. The molecule has 0 saturated carbocycles. The lowest BCUT2D eigenvalue weighted by atomic mass is 10.0. The Morgan fingerprint density at radius 1 is 0.913 bits per heavy atom. The molecule has 2 heterocycles. The van der Waals surface area contributed by atoms with E-state index in [1.807, 2.05) is 57.6 Å². The number of halogens is 2. The summed E-state index contributed by atoms with van der Waals surface area (Å²) in [5.74, 6) is 0.154. The molecule has 1 saturated heterocycles. The van der Waals surface area contributed by atoms with Gasteiger partial charge in [0.05, 0.1) is 16.4 Å². The number of hydrogen-bond donors (Lipinski definition) is 1. The van der Waals surface area contributed by atoms with Crippen LogP contribution in [0.25, 0.3) is 34.5 Å². The highest BCUT2D eigenvalue weighted by Gasteiger charge is 2.33. The molecular weight excluding hydrogens is 659 g/mol. The molecule has 0 radical (unpaired) electrons. The van der Waals surface area contributed by atoms with E-state index >= 15 is 0 Å². The van der Waals surface area contributed by atoms with Gasteiger partial charge in [0.1, 0.15) is 12.4 Å². The number of benzene rings is 4. The zero-order chi connectivity index (χ0) is 32.4. The lowest BCUT2D eigenvalue weighted by Gasteiger charge is -2.15. The highest BCUT2D eigenvalue weighted by molar-refractivity contribution is 7.99. The Balaban J connectivity index is 1.25. The highest BCUT2D eigenvalue weighted by Crippen LogP contribution is 2.31. The van der Waals surface area contributed by atoms with E-state index in [-0.39, 0.29) is 6.54 Å². The summed E-state index contributed by atoms with van der Waals surface area (Å²) in [6.07, 6.45) is 5.91. The van der Waals surface area contributed by atoms with Crippen LogP contribution >= 0.6 is 35.0 Å². The van der Waals surface area contributed by atoms with Crippen LogP contribution in [0.2, 0.25) is 10.0 Å². The quantitative estimate of drug-likeness (QED) is 0.157. The van der Waals surface area contributed by atoms with Crippen LogP contribution in [-0.4, -0.2) is 35.7 Å². The van der Waals surface area contributed by atoms with Crippen molar-refractivity contribution in [2.45, 2.75) is 30.5 Å². The highest BCUT2D eigenvalue weighted by atomic mass is 35.5. The topological polar surface area (TPSA) is 84.3 Å². The number of anilines is 1. The largest absolute Gasteiger partial charge is 0.326 e. The third kappa shape index (κ3) is 7.34. The Morgan fingerprint density at radius 2 is 1.59 bits per heavy atom. The van der Waals surface area contributed by atoms with E-state index in [0.29, 0.717) is 39.0 Å². The second-order valence-corrected chi connectivity index (χ2v) is 15.2. The van der Waals surface area contributed by atoms with E-state index in [0.717, 1.165) is 26.6 Å². The van der Waals surface area contributed by atoms with Gasteiger partial charge in [0.25, 0.3) is 5.91 Å². The molecule has 0 bridgehead atoms. The van der Waals surface area contributed by atoms with Gasteiger partial charge in [0.15, 0.2) is 0 Å². The minimum Gasteiger partial charge on any atom is -0.326 e. The van der Waals surface area contributed by atoms with E-state index in [4.69, 9.17) is 28.2 Å². The summed E-state index contributed by atoms with van der Waals surface area (Å²) < 4.78 is 29.6. The van der Waals surface area contributed by atoms with E-state index in [1.54, 1.807) is 24.3 Å². The van der Waals surface area contributed by atoms with E-state index in [1.165, 1.54) is 10.5 Å². The maximum absolute atomic E-state index is 12.3. The lowest BCUT2D eigenvalue weighted by molar-refractivity contribution is -0.117. The van der Waals surface area contributed by atoms with Gasteiger partial charge in [-0.25, -0.2) is 14.0 Å². The Hall–Kier alpha value is -4.02. The molecule has 1 fully saturated rings. The molecule has 0 aliphatic carbocycles. The molecule has 11 heteroatoms. The molecule has 0 spiro atoms. The average molecular weight is 690 g/mol. The van der Waals surface area contributed by atoms with Crippen molar-refractivity contribution in [3.63, 3.8) is 0 Å². The van der Waals surface area contributed by atoms with Gasteiger partial charge in [-0.15, -0.1) is 11.8 Å². The maximum atomic E-state index is 12.3. The summed E-state index contributed by atoms with van der Waals surface area (Å²) in [7, 11) is -3.87. The number of imidazole rings is 1. The molecule has 1 aliphatic heterocycles. The summed E-state index contributed by atoms with van der Waals surface area (Å²) in [6.45, 7) is 4.60. The molecule has 5 aromatic rings. The van der Waals surface area contributed by atoms with Gasteiger partial charge in [0.2, 0.25) is 0 Å². The molecule has 1 amide bonds. The van der Waals surface area contributed by atoms with Crippen LogP contribution in [0.4, 0.5) is 5.69 Å². The van der Waals surface area contributed by atoms with Crippen molar-refractivity contribution in [3.8, 4) is 22.4 Å². The number of aromatic nitrogens is 2. The van der Waals surface area contributed by atoms with E-state index in [2.05, 4.69) is 62.4 Å². The van der Waals surface area contributed by atoms with E-state index < -0.39 is 16.1 Å². The smallest absolute Gasteiger partial charge is 0.326 e. The molecule has 0 atom stereocenters. The normalized spacial score (nSPS) is 14.4. The van der Waals surface area contributed by atoms with Gasteiger partial charge < -0.3 is 4.57 Å². The number of nitrogens with one attached hydrogen (secondary N) is 1. The van der Waals surface area contributed by atoms with Crippen LogP contribution in [0.5, 0.6) is 0 Å². The summed E-state index contributed by atoms with van der Waals surface area (Å²) in [5.41, 5.74) is 6.12. The van der Waals surface area contributed by atoms with Gasteiger partial charge >= 0.3 is 10.2 Å². The Morgan fingerprint density at radius 3 is 2.20 bits per heavy atom. The van der Waals surface area contributed by atoms with Gasteiger partial charge in [-0.1, -0.05) is 91.7 Å². The fraction of sp³-hybridized carbons (Fsp3) is 0.143. The summed E-state index contributed by atoms with van der Waals surface area (Å²) in [5, 5.41) is 1.58. The maximum Gasteiger partial charge on any atom is 0.326 e. The second-order valence-electron chi connectivity index (χ2n) is 11.1. The Kier molecular flexibility index (Phi) is 9.29. The number of thioether (sulfide) groups is 1. The zero-order valence-corrected chi connectivity index (χ0v) is 28.2. The fourth-order valence-corrected chi connectivity index (χ4v) is 7.61. The molecule has 234 valence electrons. The van der Waals surface area contributed by atoms with Crippen LogP contribution in [0.1, 0.15) is 30.8 Å². The van der Waals surface area contributed by atoms with Crippen molar-refractivity contribution in [3.05, 3.63) is 124 Å². The first-order valence-electron chi connectivity index (χ1n) is 14.5. The van der Waals surface area contributed by atoms with Crippen LogP contribution in [0, 0.1) is 0 Å². The number of amides is 1. The van der Waals surface area contributed by atoms with Crippen molar-refractivity contribution < 1.29 is 13.2 Å². The average Bonchev–Trinajstić information content (AvgIpc) is 3.54. The van der Waals surface area contributed by atoms with Gasteiger partial charge in [-0.05, 0) is 70.8 Å². The zero-order valence-electron chi connectivity index (χ0n) is 25.0. The molecule has 0 unspecified atom stereocenters. The van der Waals surface area contributed by atoms with Gasteiger partial charge in [-0.3, -0.25) is 4.79 Å². The number of nitrogens with zero attached hydrogens (tertiary/aromatic N) is 3. The minimum absolute atomic E-state index is 0.242. The number of rotatable bonds is 9. The predicted molar refractivity (Wildman–Crippen MR) is 189 cm³/mol. The van der Waals surface area contributed by atoms with Crippen LogP contribution < -0.4 is 9.03 Å². The van der Waals surface area contributed by atoms with Crippen molar-refractivity contribution in [2.75, 3.05) is 10.8 Å². The van der Waals surface area contributed by atoms with Crippen molar-refractivity contribution in [2.24, 2.45) is 0 Å². The molecule has 1 aromatic heterocycles. The molecule has 1 aliphatic rings. The van der Waals surface area contributed by atoms with Gasteiger partial charge in [0, 0.05) is 33.5 Å². The lowest BCUT2D eigenvalue weighted by Crippen LogP contribution is -2.29. The molecule has 46 heavy (non-hydrogen) atoms. The first-order chi connectivity index (χ1) is 22.0. The first-order valence-corrected chi connectivity index (χ1v) is 17.6. The molecule has 7 nitrogen and oxygen atoms in total. The van der Waals surface area contributed by atoms with Crippen LogP contribution in [-0.2, 0) is 21.5 Å². The SMILES string of the molecule is CC(C)Sc1ccc(-c2ccc(C=Cc3nc(-c4ccc(Cl)cc4Cl)cn3Cc3ccc(N4CC(=O)NS4(=O)=O)cc3)cc2)cc1. The number of carbonyl (C=O) groups is 1. The monoisotopic (exact) mass is 688 g/mol.